The van der Waals surface area contributed by atoms with Gasteiger partial charge < -0.3 is 9.47 Å². The Hall–Kier alpha value is -3.13. The summed E-state index contributed by atoms with van der Waals surface area (Å²) in [7, 11) is 1.51. The quantitative estimate of drug-likeness (QED) is 0.233. The maximum Gasteiger partial charge on any atom is 0.271 e. The van der Waals surface area contributed by atoms with Crippen LogP contribution in [0.4, 0.5) is 5.69 Å². The fourth-order valence-electron chi connectivity index (χ4n) is 2.65. The lowest BCUT2D eigenvalue weighted by atomic mass is 10.2. The number of rotatable bonds is 11. The van der Waals surface area contributed by atoms with Crippen LogP contribution < -0.4 is 14.9 Å². The molecule has 0 bridgehead atoms. The van der Waals surface area contributed by atoms with Crippen LogP contribution >= 0.6 is 11.6 Å². The second kappa shape index (κ2) is 11.8. The number of nitrogens with zero attached hydrogens (tertiary/aromatic N) is 2. The fourth-order valence-corrected chi connectivity index (χ4v) is 2.92. The number of methoxy groups -OCH3 is 1. The van der Waals surface area contributed by atoms with E-state index >= 15 is 0 Å². The number of amides is 1. The predicted octanol–water partition coefficient (Wildman–Crippen LogP) is 4.98. The number of nitro benzene ring substituents is 1. The van der Waals surface area contributed by atoms with Crippen molar-refractivity contribution in [2.75, 3.05) is 13.7 Å². The number of carbonyl (C=O) groups is 1. The summed E-state index contributed by atoms with van der Waals surface area (Å²) >= 11 is 6.32. The molecule has 0 saturated carbocycles. The minimum absolute atomic E-state index is 0.129. The molecule has 0 saturated heterocycles. The standard InChI is InChI=1S/C21H24ClN3O5/c1-3-4-5-6-10-30-20-18(22)11-15(12-19(20)29-2)14-23-24-21(26)16-8-7-9-17(13-16)25(27)28/h7-9,11-14H,3-6,10H2,1-2H3,(H,24,26)/b23-14+. The van der Waals surface area contributed by atoms with Gasteiger partial charge in [-0.3, -0.25) is 14.9 Å². The van der Waals surface area contributed by atoms with E-state index in [1.165, 1.54) is 37.6 Å². The van der Waals surface area contributed by atoms with Gasteiger partial charge in [0.2, 0.25) is 0 Å². The molecule has 160 valence electrons. The Morgan fingerprint density at radius 2 is 2.07 bits per heavy atom. The van der Waals surface area contributed by atoms with E-state index in [4.69, 9.17) is 21.1 Å². The van der Waals surface area contributed by atoms with Crippen LogP contribution in [0.1, 0.15) is 48.5 Å². The van der Waals surface area contributed by atoms with Gasteiger partial charge in [-0.1, -0.05) is 43.9 Å². The SMILES string of the molecule is CCCCCCOc1c(Cl)cc(/C=N/NC(=O)c2cccc([N+](=O)[O-])c2)cc1OC. The Balaban J connectivity index is 2.03. The normalized spacial score (nSPS) is 10.8. The minimum atomic E-state index is -0.569. The summed E-state index contributed by atoms with van der Waals surface area (Å²) < 4.78 is 11.1. The third-order valence-corrected chi connectivity index (χ3v) is 4.48. The van der Waals surface area contributed by atoms with Crippen LogP contribution in [0.25, 0.3) is 0 Å². The smallest absolute Gasteiger partial charge is 0.271 e. The molecule has 0 aromatic heterocycles. The average molecular weight is 434 g/mol. The second-order valence-electron chi connectivity index (χ2n) is 6.45. The molecule has 0 fully saturated rings. The lowest BCUT2D eigenvalue weighted by molar-refractivity contribution is -0.384. The number of ether oxygens (including phenoxy) is 2. The van der Waals surface area contributed by atoms with Gasteiger partial charge in [-0.2, -0.15) is 5.10 Å². The molecule has 30 heavy (non-hydrogen) atoms. The van der Waals surface area contributed by atoms with Crippen molar-refractivity contribution in [3.8, 4) is 11.5 Å². The first-order valence-corrected chi connectivity index (χ1v) is 9.92. The Kier molecular flexibility index (Phi) is 9.08. The monoisotopic (exact) mass is 433 g/mol. The lowest BCUT2D eigenvalue weighted by Gasteiger charge is -2.13. The Morgan fingerprint density at radius 3 is 2.77 bits per heavy atom. The number of carbonyl (C=O) groups excluding carboxylic acids is 1. The van der Waals surface area contributed by atoms with E-state index < -0.39 is 10.8 Å². The number of hydrazone groups is 1. The molecule has 0 unspecified atom stereocenters. The molecular formula is C21H24ClN3O5. The van der Waals surface area contributed by atoms with Crippen molar-refractivity contribution in [3.05, 3.63) is 62.7 Å². The molecule has 0 radical (unpaired) electrons. The molecular weight excluding hydrogens is 410 g/mol. The van der Waals surface area contributed by atoms with Gasteiger partial charge in [0.25, 0.3) is 11.6 Å². The summed E-state index contributed by atoms with van der Waals surface area (Å²) in [6, 6.07) is 8.72. The van der Waals surface area contributed by atoms with Crippen LogP contribution in [0.15, 0.2) is 41.5 Å². The minimum Gasteiger partial charge on any atom is -0.493 e. The van der Waals surface area contributed by atoms with E-state index in [-0.39, 0.29) is 11.3 Å². The summed E-state index contributed by atoms with van der Waals surface area (Å²) in [4.78, 5) is 22.4. The third-order valence-electron chi connectivity index (χ3n) is 4.19. The first-order valence-electron chi connectivity index (χ1n) is 9.54. The first kappa shape index (κ1) is 23.2. The van der Waals surface area contributed by atoms with E-state index in [9.17, 15) is 14.9 Å². The second-order valence-corrected chi connectivity index (χ2v) is 6.86. The highest BCUT2D eigenvalue weighted by Crippen LogP contribution is 2.36. The number of unbranched alkanes of at least 4 members (excludes halogenated alkanes) is 3. The summed E-state index contributed by atoms with van der Waals surface area (Å²) in [5, 5.41) is 15.1. The first-order chi connectivity index (χ1) is 14.5. The van der Waals surface area contributed by atoms with Crippen LogP contribution in [-0.2, 0) is 0 Å². The molecule has 8 nitrogen and oxygen atoms in total. The lowest BCUT2D eigenvalue weighted by Crippen LogP contribution is -2.17. The molecule has 2 rings (SSSR count). The van der Waals surface area contributed by atoms with Crippen molar-refractivity contribution in [2.24, 2.45) is 5.10 Å². The van der Waals surface area contributed by atoms with Gasteiger partial charge in [-0.25, -0.2) is 5.43 Å². The van der Waals surface area contributed by atoms with Crippen LogP contribution in [0, 0.1) is 10.1 Å². The van der Waals surface area contributed by atoms with Crippen molar-refractivity contribution in [1.82, 2.24) is 5.43 Å². The molecule has 1 amide bonds. The van der Waals surface area contributed by atoms with Gasteiger partial charge in [0.1, 0.15) is 0 Å². The molecule has 2 aromatic carbocycles. The average Bonchev–Trinajstić information content (AvgIpc) is 2.74. The third kappa shape index (κ3) is 6.73. The van der Waals surface area contributed by atoms with Gasteiger partial charge in [-0.15, -0.1) is 0 Å². The molecule has 0 heterocycles. The molecule has 9 heteroatoms. The van der Waals surface area contributed by atoms with E-state index in [0.29, 0.717) is 28.7 Å². The number of halogens is 1. The molecule has 0 spiro atoms. The number of hydrogen-bond acceptors (Lipinski definition) is 6. The van der Waals surface area contributed by atoms with Gasteiger partial charge >= 0.3 is 0 Å². The highest BCUT2D eigenvalue weighted by molar-refractivity contribution is 6.32. The highest BCUT2D eigenvalue weighted by Gasteiger charge is 2.13. The maximum atomic E-state index is 12.1. The Labute approximate surface area is 180 Å². The summed E-state index contributed by atoms with van der Waals surface area (Å²) in [6.45, 7) is 2.69. The highest BCUT2D eigenvalue weighted by atomic mass is 35.5. The van der Waals surface area contributed by atoms with E-state index in [2.05, 4.69) is 17.5 Å². The van der Waals surface area contributed by atoms with Gasteiger partial charge in [0.15, 0.2) is 11.5 Å². The van der Waals surface area contributed by atoms with E-state index in [1.807, 2.05) is 0 Å². The zero-order valence-corrected chi connectivity index (χ0v) is 17.6. The van der Waals surface area contributed by atoms with E-state index in [1.54, 1.807) is 12.1 Å². The van der Waals surface area contributed by atoms with Crippen molar-refractivity contribution < 1.29 is 19.2 Å². The van der Waals surface area contributed by atoms with Crippen LogP contribution in [-0.4, -0.2) is 30.8 Å². The van der Waals surface area contributed by atoms with Gasteiger partial charge in [0.05, 0.1) is 29.9 Å². The number of hydrogen-bond donors (Lipinski definition) is 1. The van der Waals surface area contributed by atoms with Crippen molar-refractivity contribution >= 4 is 29.4 Å². The van der Waals surface area contributed by atoms with E-state index in [0.717, 1.165) is 25.7 Å². The van der Waals surface area contributed by atoms with Crippen LogP contribution in [0.3, 0.4) is 0 Å². The van der Waals surface area contributed by atoms with Crippen molar-refractivity contribution in [2.45, 2.75) is 32.6 Å². The van der Waals surface area contributed by atoms with Crippen molar-refractivity contribution in [3.63, 3.8) is 0 Å². The van der Waals surface area contributed by atoms with Crippen LogP contribution in [0.5, 0.6) is 11.5 Å². The number of non-ortho nitro benzene ring substituents is 1. The summed E-state index contributed by atoms with van der Waals surface area (Å²) in [5.41, 5.74) is 2.88. The van der Waals surface area contributed by atoms with Crippen LogP contribution in [0.2, 0.25) is 5.02 Å². The van der Waals surface area contributed by atoms with Gasteiger partial charge in [-0.05, 0) is 30.2 Å². The van der Waals surface area contributed by atoms with Gasteiger partial charge in [0, 0.05) is 17.7 Å². The Bertz CT molecular complexity index is 918. The summed E-state index contributed by atoms with van der Waals surface area (Å²) in [5.74, 6) is 0.359. The fraction of sp³-hybridized carbons (Fsp3) is 0.333. The molecule has 0 aliphatic heterocycles. The molecule has 0 aliphatic rings. The largest absolute Gasteiger partial charge is 0.493 e. The maximum absolute atomic E-state index is 12.1. The number of nitro groups is 1. The molecule has 1 N–H and O–H groups in total. The molecule has 2 aromatic rings. The zero-order chi connectivity index (χ0) is 21.9. The summed E-state index contributed by atoms with van der Waals surface area (Å²) in [6.07, 6.45) is 5.72. The number of nitrogens with one attached hydrogen (secondary N) is 1. The topological polar surface area (TPSA) is 103 Å². The zero-order valence-electron chi connectivity index (χ0n) is 16.9. The molecule has 0 aliphatic carbocycles. The Morgan fingerprint density at radius 1 is 1.27 bits per heavy atom. The number of benzene rings is 2. The predicted molar refractivity (Wildman–Crippen MR) is 116 cm³/mol. The van der Waals surface area contributed by atoms with Crippen molar-refractivity contribution in [1.29, 1.82) is 0 Å². The molecule has 0 atom stereocenters.